The molecule has 0 unspecified atom stereocenters. The quantitative estimate of drug-likeness (QED) is 0.730. The molecular weight excluding hydrogens is 178 g/mol. The average molecular weight is 197 g/mol. The number of rotatable bonds is 6. The third-order valence-corrected chi connectivity index (χ3v) is 2.12. The molecule has 0 spiro atoms. The van der Waals surface area contributed by atoms with Gasteiger partial charge in [-0.05, 0) is 24.5 Å². The molecule has 14 heavy (non-hydrogen) atoms. The lowest BCUT2D eigenvalue weighted by Gasteiger charge is -2.17. The molecule has 1 aromatic heterocycles. The van der Waals surface area contributed by atoms with E-state index in [-0.39, 0.29) is 12.6 Å². The van der Waals surface area contributed by atoms with E-state index in [1.807, 2.05) is 12.1 Å². The smallest absolute Gasteiger partial charge is 0.117 e. The summed E-state index contributed by atoms with van der Waals surface area (Å²) in [6.07, 6.45) is 2.64. The lowest BCUT2D eigenvalue weighted by Crippen LogP contribution is -2.33. The van der Waals surface area contributed by atoms with Gasteiger partial charge in [0.25, 0.3) is 0 Å². The highest BCUT2D eigenvalue weighted by Crippen LogP contribution is 2.06. The second kappa shape index (κ2) is 5.83. The number of nitrogens with one attached hydrogen (secondary N) is 1. The first-order valence-corrected chi connectivity index (χ1v) is 5.09. The summed E-state index contributed by atoms with van der Waals surface area (Å²) in [5.41, 5.74) is 0. The molecular formula is C11H19NO2. The Labute approximate surface area is 85.1 Å². The van der Waals surface area contributed by atoms with Gasteiger partial charge in [0.2, 0.25) is 0 Å². The molecule has 0 aliphatic rings. The molecule has 1 aromatic rings. The van der Waals surface area contributed by atoms with E-state index in [0.717, 1.165) is 12.2 Å². The van der Waals surface area contributed by atoms with Gasteiger partial charge in [0.05, 0.1) is 19.4 Å². The van der Waals surface area contributed by atoms with E-state index in [0.29, 0.717) is 12.5 Å². The Morgan fingerprint density at radius 1 is 1.50 bits per heavy atom. The van der Waals surface area contributed by atoms with Crippen molar-refractivity contribution in [2.45, 2.75) is 32.9 Å². The molecule has 1 atom stereocenters. The molecule has 0 amide bonds. The largest absolute Gasteiger partial charge is 0.468 e. The lowest BCUT2D eigenvalue weighted by molar-refractivity contribution is 0.221. The van der Waals surface area contributed by atoms with Crippen molar-refractivity contribution >= 4 is 0 Å². The van der Waals surface area contributed by atoms with Crippen molar-refractivity contribution in [1.82, 2.24) is 5.32 Å². The molecule has 2 N–H and O–H groups in total. The molecule has 0 aromatic carbocycles. The number of hydrogen-bond acceptors (Lipinski definition) is 3. The van der Waals surface area contributed by atoms with Gasteiger partial charge < -0.3 is 14.8 Å². The van der Waals surface area contributed by atoms with Crippen molar-refractivity contribution in [3.05, 3.63) is 24.2 Å². The Morgan fingerprint density at radius 3 is 2.79 bits per heavy atom. The maximum atomic E-state index is 9.11. The third kappa shape index (κ3) is 3.94. The monoisotopic (exact) mass is 197 g/mol. The molecule has 0 fully saturated rings. The SMILES string of the molecule is CC(C)C[C@H](CO)NCc1ccco1. The molecule has 80 valence electrons. The standard InChI is InChI=1S/C11H19NO2/c1-9(2)6-10(8-13)12-7-11-4-3-5-14-11/h3-5,9-10,12-13H,6-8H2,1-2H3/t10-/m1/s1. The first kappa shape index (κ1) is 11.3. The van der Waals surface area contributed by atoms with Crippen molar-refractivity contribution in [2.75, 3.05) is 6.61 Å². The van der Waals surface area contributed by atoms with Crippen LogP contribution in [0.4, 0.5) is 0 Å². The van der Waals surface area contributed by atoms with Crippen LogP contribution in [0, 0.1) is 5.92 Å². The van der Waals surface area contributed by atoms with Crippen LogP contribution in [0.5, 0.6) is 0 Å². The van der Waals surface area contributed by atoms with Crippen LogP contribution in [0.2, 0.25) is 0 Å². The maximum absolute atomic E-state index is 9.11. The van der Waals surface area contributed by atoms with E-state index in [9.17, 15) is 0 Å². The fourth-order valence-corrected chi connectivity index (χ4v) is 1.45. The van der Waals surface area contributed by atoms with Crippen molar-refractivity contribution in [3.63, 3.8) is 0 Å². The predicted molar refractivity (Wildman–Crippen MR) is 55.9 cm³/mol. The summed E-state index contributed by atoms with van der Waals surface area (Å²) in [6.45, 7) is 5.16. The summed E-state index contributed by atoms with van der Waals surface area (Å²) in [7, 11) is 0. The molecule has 0 bridgehead atoms. The number of aliphatic hydroxyl groups excluding tert-OH is 1. The van der Waals surface area contributed by atoms with E-state index < -0.39 is 0 Å². The molecule has 3 heteroatoms. The fourth-order valence-electron chi connectivity index (χ4n) is 1.45. The van der Waals surface area contributed by atoms with E-state index in [1.165, 1.54) is 0 Å². The van der Waals surface area contributed by atoms with Crippen LogP contribution in [-0.2, 0) is 6.54 Å². The van der Waals surface area contributed by atoms with Gasteiger partial charge in [-0.25, -0.2) is 0 Å². The minimum atomic E-state index is 0.167. The van der Waals surface area contributed by atoms with E-state index in [4.69, 9.17) is 9.52 Å². The summed E-state index contributed by atoms with van der Waals surface area (Å²) in [6, 6.07) is 3.96. The summed E-state index contributed by atoms with van der Waals surface area (Å²) >= 11 is 0. The van der Waals surface area contributed by atoms with Gasteiger partial charge in [0.15, 0.2) is 0 Å². The topological polar surface area (TPSA) is 45.4 Å². The number of furan rings is 1. The average Bonchev–Trinajstić information content (AvgIpc) is 2.64. The van der Waals surface area contributed by atoms with Crippen LogP contribution in [-0.4, -0.2) is 17.8 Å². The van der Waals surface area contributed by atoms with E-state index in [1.54, 1.807) is 6.26 Å². The Kier molecular flexibility index (Phi) is 4.70. The maximum Gasteiger partial charge on any atom is 0.117 e. The molecule has 0 radical (unpaired) electrons. The fraction of sp³-hybridized carbons (Fsp3) is 0.636. The van der Waals surface area contributed by atoms with Crippen LogP contribution >= 0.6 is 0 Å². The first-order chi connectivity index (χ1) is 6.72. The highest BCUT2D eigenvalue weighted by molar-refractivity contribution is 4.97. The zero-order valence-electron chi connectivity index (χ0n) is 8.86. The minimum absolute atomic E-state index is 0.167. The van der Waals surface area contributed by atoms with Crippen molar-refractivity contribution in [3.8, 4) is 0 Å². The number of hydrogen-bond donors (Lipinski definition) is 2. The normalized spacial score (nSPS) is 13.4. The Hall–Kier alpha value is -0.800. The summed E-state index contributed by atoms with van der Waals surface area (Å²) in [4.78, 5) is 0. The molecule has 3 nitrogen and oxygen atoms in total. The molecule has 1 heterocycles. The van der Waals surface area contributed by atoms with Gasteiger partial charge in [-0.3, -0.25) is 0 Å². The second-order valence-corrected chi connectivity index (χ2v) is 3.97. The predicted octanol–water partition coefficient (Wildman–Crippen LogP) is 1.78. The Bertz CT molecular complexity index is 231. The van der Waals surface area contributed by atoms with Crippen molar-refractivity contribution in [1.29, 1.82) is 0 Å². The van der Waals surface area contributed by atoms with Gasteiger partial charge >= 0.3 is 0 Å². The highest BCUT2D eigenvalue weighted by Gasteiger charge is 2.09. The van der Waals surface area contributed by atoms with Crippen LogP contribution in [0.3, 0.4) is 0 Å². The van der Waals surface area contributed by atoms with Crippen LogP contribution in [0.15, 0.2) is 22.8 Å². The van der Waals surface area contributed by atoms with Gasteiger partial charge in [-0.1, -0.05) is 13.8 Å². The van der Waals surface area contributed by atoms with Crippen molar-refractivity contribution < 1.29 is 9.52 Å². The van der Waals surface area contributed by atoms with Gasteiger partial charge in [0.1, 0.15) is 5.76 Å². The molecule has 1 rings (SSSR count). The zero-order valence-corrected chi connectivity index (χ0v) is 8.86. The van der Waals surface area contributed by atoms with Crippen molar-refractivity contribution in [2.24, 2.45) is 5.92 Å². The molecule has 0 saturated heterocycles. The van der Waals surface area contributed by atoms with Crippen LogP contribution in [0.25, 0.3) is 0 Å². The van der Waals surface area contributed by atoms with E-state index in [2.05, 4.69) is 19.2 Å². The van der Waals surface area contributed by atoms with Gasteiger partial charge in [-0.2, -0.15) is 0 Å². The lowest BCUT2D eigenvalue weighted by atomic mass is 10.0. The molecule has 0 aliphatic carbocycles. The Morgan fingerprint density at radius 2 is 2.29 bits per heavy atom. The van der Waals surface area contributed by atoms with Crippen LogP contribution < -0.4 is 5.32 Å². The summed E-state index contributed by atoms with van der Waals surface area (Å²) < 4.78 is 5.19. The zero-order chi connectivity index (χ0) is 10.4. The first-order valence-electron chi connectivity index (χ1n) is 5.09. The summed E-state index contributed by atoms with van der Waals surface area (Å²) in [5, 5.41) is 12.4. The minimum Gasteiger partial charge on any atom is -0.468 e. The van der Waals surface area contributed by atoms with Crippen LogP contribution in [0.1, 0.15) is 26.0 Å². The molecule has 0 saturated carbocycles. The third-order valence-electron chi connectivity index (χ3n) is 2.12. The number of aliphatic hydroxyl groups is 1. The molecule has 0 aliphatic heterocycles. The second-order valence-electron chi connectivity index (χ2n) is 3.97. The summed E-state index contributed by atoms with van der Waals surface area (Å²) in [5.74, 6) is 1.50. The van der Waals surface area contributed by atoms with E-state index >= 15 is 0 Å². The van der Waals surface area contributed by atoms with Gasteiger partial charge in [-0.15, -0.1) is 0 Å². The Balaban J connectivity index is 2.27. The highest BCUT2D eigenvalue weighted by atomic mass is 16.3. The van der Waals surface area contributed by atoms with Gasteiger partial charge in [0, 0.05) is 6.04 Å².